The van der Waals surface area contributed by atoms with E-state index in [2.05, 4.69) is 0 Å². The summed E-state index contributed by atoms with van der Waals surface area (Å²) in [6, 6.07) is 6.02. The molecule has 6 heteroatoms. The molecule has 0 aliphatic carbocycles. The van der Waals surface area contributed by atoms with Gasteiger partial charge in [0.25, 0.3) is 0 Å². The summed E-state index contributed by atoms with van der Waals surface area (Å²) in [6.07, 6.45) is -0.534. The van der Waals surface area contributed by atoms with Crippen molar-refractivity contribution in [3.63, 3.8) is 0 Å². The van der Waals surface area contributed by atoms with E-state index in [1.165, 1.54) is 16.4 Å². The topological polar surface area (TPSA) is 83.6 Å². The number of benzene rings is 1. The number of hydrogen-bond donors (Lipinski definition) is 2. The summed E-state index contributed by atoms with van der Waals surface area (Å²) in [7, 11) is -3.43. The average molecular weight is 228 g/mol. The molecule has 15 heavy (non-hydrogen) atoms. The van der Waals surface area contributed by atoms with Crippen LogP contribution in [0.15, 0.2) is 29.2 Å². The minimum Gasteiger partial charge on any atom is -0.399 e. The van der Waals surface area contributed by atoms with E-state index in [0.29, 0.717) is 5.69 Å². The van der Waals surface area contributed by atoms with Crippen molar-refractivity contribution in [2.24, 2.45) is 0 Å². The van der Waals surface area contributed by atoms with E-state index in [4.69, 9.17) is 10.8 Å². The number of nitrogens with zero attached hydrogens (tertiary/aromatic N) is 1. The molecular formula is C9H12N2O3S. The zero-order valence-electron chi connectivity index (χ0n) is 8.00. The molecule has 5 nitrogen and oxygen atoms in total. The first kappa shape index (κ1) is 10.4. The highest BCUT2D eigenvalue weighted by Crippen LogP contribution is 2.21. The highest BCUT2D eigenvalue weighted by atomic mass is 32.2. The van der Waals surface area contributed by atoms with Crippen LogP contribution in [0.5, 0.6) is 0 Å². The van der Waals surface area contributed by atoms with Crippen molar-refractivity contribution in [2.45, 2.75) is 11.0 Å². The second kappa shape index (κ2) is 3.48. The SMILES string of the molecule is Nc1ccc(S(=O)(=O)N2CC(O)C2)cc1. The Hall–Kier alpha value is -1.11. The third kappa shape index (κ3) is 1.83. The Labute approximate surface area is 88.2 Å². The van der Waals surface area contributed by atoms with Crippen LogP contribution in [0.25, 0.3) is 0 Å². The molecule has 1 aliphatic heterocycles. The predicted molar refractivity (Wildman–Crippen MR) is 55.6 cm³/mol. The van der Waals surface area contributed by atoms with Crippen molar-refractivity contribution in [1.29, 1.82) is 0 Å². The van der Waals surface area contributed by atoms with Gasteiger partial charge in [0, 0.05) is 18.8 Å². The van der Waals surface area contributed by atoms with Crippen molar-refractivity contribution < 1.29 is 13.5 Å². The number of aliphatic hydroxyl groups excluding tert-OH is 1. The van der Waals surface area contributed by atoms with Crippen LogP contribution in [0.1, 0.15) is 0 Å². The normalized spacial score (nSPS) is 18.7. The van der Waals surface area contributed by atoms with Crippen LogP contribution in [0, 0.1) is 0 Å². The average Bonchev–Trinajstić information content (AvgIpc) is 2.13. The van der Waals surface area contributed by atoms with E-state index in [1.54, 1.807) is 12.1 Å². The Kier molecular flexibility index (Phi) is 2.41. The van der Waals surface area contributed by atoms with Crippen LogP contribution >= 0.6 is 0 Å². The molecule has 0 spiro atoms. The van der Waals surface area contributed by atoms with Gasteiger partial charge in [-0.25, -0.2) is 8.42 Å². The standard InChI is InChI=1S/C9H12N2O3S/c10-7-1-3-9(4-2-7)15(13,14)11-5-8(12)6-11/h1-4,8,12H,5-6,10H2. The Morgan fingerprint density at radius 3 is 2.27 bits per heavy atom. The first-order chi connectivity index (χ1) is 7.00. The summed E-state index contributed by atoms with van der Waals surface area (Å²) >= 11 is 0. The molecule has 2 rings (SSSR count). The van der Waals surface area contributed by atoms with Gasteiger partial charge in [-0.1, -0.05) is 0 Å². The first-order valence-corrected chi connectivity index (χ1v) is 5.98. The maximum atomic E-state index is 11.8. The molecule has 1 saturated heterocycles. The highest BCUT2D eigenvalue weighted by Gasteiger charge is 2.35. The van der Waals surface area contributed by atoms with Gasteiger partial charge in [-0.15, -0.1) is 0 Å². The van der Waals surface area contributed by atoms with Gasteiger partial charge in [-0.3, -0.25) is 0 Å². The summed E-state index contributed by atoms with van der Waals surface area (Å²) in [4.78, 5) is 0.212. The number of β-amino-alcohol motifs (C(OH)–C–C–N with tert-alkyl or cyclic N) is 1. The minimum absolute atomic E-state index is 0.173. The number of nitrogens with two attached hydrogens (primary N) is 1. The third-order valence-electron chi connectivity index (χ3n) is 2.35. The van der Waals surface area contributed by atoms with Crippen molar-refractivity contribution >= 4 is 15.7 Å². The number of aliphatic hydroxyl groups is 1. The molecule has 0 saturated carbocycles. The monoisotopic (exact) mass is 228 g/mol. The molecule has 3 N–H and O–H groups in total. The summed E-state index contributed by atoms with van der Waals surface area (Å²) < 4.78 is 24.9. The number of hydrogen-bond acceptors (Lipinski definition) is 4. The Morgan fingerprint density at radius 2 is 1.80 bits per heavy atom. The van der Waals surface area contributed by atoms with Crippen molar-refractivity contribution in [2.75, 3.05) is 18.8 Å². The second-order valence-corrected chi connectivity index (χ2v) is 5.48. The molecule has 1 heterocycles. The van der Waals surface area contributed by atoms with Gasteiger partial charge in [0.15, 0.2) is 0 Å². The number of anilines is 1. The number of nitrogen functional groups attached to an aromatic ring is 1. The minimum atomic E-state index is -3.43. The lowest BCUT2D eigenvalue weighted by molar-refractivity contribution is 0.0548. The van der Waals surface area contributed by atoms with Gasteiger partial charge in [-0.05, 0) is 24.3 Å². The molecule has 0 bridgehead atoms. The third-order valence-corrected chi connectivity index (χ3v) is 4.19. The van der Waals surface area contributed by atoms with E-state index >= 15 is 0 Å². The molecule has 0 atom stereocenters. The van der Waals surface area contributed by atoms with Crippen LogP contribution in [0.2, 0.25) is 0 Å². The molecular weight excluding hydrogens is 216 g/mol. The van der Waals surface area contributed by atoms with Crippen LogP contribution < -0.4 is 5.73 Å². The summed E-state index contributed by atoms with van der Waals surface area (Å²) in [5.74, 6) is 0. The zero-order valence-corrected chi connectivity index (χ0v) is 8.81. The van der Waals surface area contributed by atoms with Gasteiger partial charge in [0.2, 0.25) is 10.0 Å². The number of sulfonamides is 1. The lowest BCUT2D eigenvalue weighted by Crippen LogP contribution is -2.53. The lowest BCUT2D eigenvalue weighted by Gasteiger charge is -2.34. The van der Waals surface area contributed by atoms with Crippen LogP contribution in [0.3, 0.4) is 0 Å². The van der Waals surface area contributed by atoms with Gasteiger partial charge >= 0.3 is 0 Å². The van der Waals surface area contributed by atoms with Crippen LogP contribution in [-0.4, -0.2) is 37.0 Å². The van der Waals surface area contributed by atoms with E-state index in [1.807, 2.05) is 0 Å². The van der Waals surface area contributed by atoms with Gasteiger partial charge < -0.3 is 10.8 Å². The zero-order chi connectivity index (χ0) is 11.1. The van der Waals surface area contributed by atoms with Gasteiger partial charge in [-0.2, -0.15) is 4.31 Å². The summed E-state index contributed by atoms with van der Waals surface area (Å²) in [5, 5.41) is 9.05. The molecule has 0 amide bonds. The maximum Gasteiger partial charge on any atom is 0.243 e. The molecule has 0 aromatic heterocycles. The fourth-order valence-electron chi connectivity index (χ4n) is 1.40. The quantitative estimate of drug-likeness (QED) is 0.677. The van der Waals surface area contributed by atoms with E-state index in [9.17, 15) is 8.42 Å². The van der Waals surface area contributed by atoms with E-state index < -0.39 is 16.1 Å². The highest BCUT2D eigenvalue weighted by molar-refractivity contribution is 7.89. The smallest absolute Gasteiger partial charge is 0.243 e. The van der Waals surface area contributed by atoms with Crippen molar-refractivity contribution in [1.82, 2.24) is 4.31 Å². The van der Waals surface area contributed by atoms with Crippen molar-refractivity contribution in [3.8, 4) is 0 Å². The van der Waals surface area contributed by atoms with Crippen molar-refractivity contribution in [3.05, 3.63) is 24.3 Å². The molecule has 1 aromatic rings. The first-order valence-electron chi connectivity index (χ1n) is 4.54. The largest absolute Gasteiger partial charge is 0.399 e. The second-order valence-electron chi connectivity index (χ2n) is 3.54. The number of rotatable bonds is 2. The van der Waals surface area contributed by atoms with E-state index in [-0.39, 0.29) is 18.0 Å². The molecule has 0 radical (unpaired) electrons. The molecule has 0 unspecified atom stereocenters. The lowest BCUT2D eigenvalue weighted by atomic mass is 10.2. The fraction of sp³-hybridized carbons (Fsp3) is 0.333. The molecule has 1 aromatic carbocycles. The Morgan fingerprint density at radius 1 is 1.27 bits per heavy atom. The van der Waals surface area contributed by atoms with Gasteiger partial charge in [0.05, 0.1) is 11.0 Å². The molecule has 82 valence electrons. The van der Waals surface area contributed by atoms with Crippen LogP contribution in [-0.2, 0) is 10.0 Å². The molecule has 1 fully saturated rings. The fourth-order valence-corrected chi connectivity index (χ4v) is 2.92. The Balaban J connectivity index is 2.26. The van der Waals surface area contributed by atoms with Crippen LogP contribution in [0.4, 0.5) is 5.69 Å². The summed E-state index contributed by atoms with van der Waals surface area (Å²) in [5.41, 5.74) is 5.99. The summed E-state index contributed by atoms with van der Waals surface area (Å²) in [6.45, 7) is 0.347. The van der Waals surface area contributed by atoms with E-state index in [0.717, 1.165) is 0 Å². The van der Waals surface area contributed by atoms with Gasteiger partial charge in [0.1, 0.15) is 0 Å². The maximum absolute atomic E-state index is 11.8. The predicted octanol–water partition coefficient (Wildman–Crippen LogP) is -0.366. The molecule has 1 aliphatic rings. The Bertz CT molecular complexity index is 449.